The number of nitrogens with zero attached hydrogens (tertiary/aromatic N) is 4. The molecule has 0 radical (unpaired) electrons. The molecule has 0 atom stereocenters. The number of nitrogens with two attached hydrogens (primary N) is 1. The fourth-order valence-electron chi connectivity index (χ4n) is 4.76. The monoisotopic (exact) mass is 526 g/mol. The largest absolute Gasteiger partial charge is 0.493 e. The van der Waals surface area contributed by atoms with E-state index in [1.165, 1.54) is 0 Å². The van der Waals surface area contributed by atoms with Gasteiger partial charge in [0, 0.05) is 36.8 Å². The van der Waals surface area contributed by atoms with Gasteiger partial charge in [-0.3, -0.25) is 14.7 Å². The highest BCUT2D eigenvalue weighted by Gasteiger charge is 2.17. The number of fused-ring (bicyclic) bond motifs is 3. The van der Waals surface area contributed by atoms with Crippen LogP contribution in [-0.2, 0) is 4.74 Å². The number of morpholine rings is 1. The standard InChI is InChI=1S/C29H30N6O4/c1-19-3-6-23(18-31-19)39-21-7-4-20(5-8-21)35-28(30)26-27(33-35)24-10-9-22(17-25(24)32-29(26)36)38-14-2-11-34-12-15-37-16-13-34/h3-10,17-18H,2,11-16,30H2,1H3,(H,32,36). The minimum Gasteiger partial charge on any atom is -0.493 e. The molecule has 6 rings (SSSR count). The van der Waals surface area contributed by atoms with E-state index in [0.717, 1.165) is 50.3 Å². The van der Waals surface area contributed by atoms with Crippen molar-refractivity contribution in [3.63, 3.8) is 0 Å². The van der Waals surface area contributed by atoms with Gasteiger partial charge in [0.1, 0.15) is 34.0 Å². The second-order valence-corrected chi connectivity index (χ2v) is 9.57. The molecule has 0 aliphatic carbocycles. The first kappa shape index (κ1) is 24.9. The molecule has 10 heteroatoms. The molecule has 3 aromatic heterocycles. The Morgan fingerprint density at radius 1 is 1.03 bits per heavy atom. The van der Waals surface area contributed by atoms with E-state index in [1.807, 2.05) is 61.5 Å². The molecule has 0 bridgehead atoms. The first-order valence-corrected chi connectivity index (χ1v) is 13.0. The number of ether oxygens (including phenoxy) is 3. The van der Waals surface area contributed by atoms with Crippen molar-refractivity contribution < 1.29 is 14.2 Å². The molecule has 2 aromatic carbocycles. The van der Waals surface area contributed by atoms with Crippen molar-refractivity contribution in [2.75, 3.05) is 45.2 Å². The van der Waals surface area contributed by atoms with E-state index in [4.69, 9.17) is 25.0 Å². The summed E-state index contributed by atoms with van der Waals surface area (Å²) in [4.78, 5) is 22.6. The number of benzene rings is 2. The minimum absolute atomic E-state index is 0.271. The van der Waals surface area contributed by atoms with Gasteiger partial charge in [-0.2, -0.15) is 5.10 Å². The zero-order chi connectivity index (χ0) is 26.8. The van der Waals surface area contributed by atoms with Gasteiger partial charge in [-0.15, -0.1) is 0 Å². The number of H-pyrrole nitrogens is 1. The predicted octanol–water partition coefficient (Wildman–Crippen LogP) is 4.05. The van der Waals surface area contributed by atoms with Gasteiger partial charge in [0.05, 0.1) is 37.2 Å². The highest BCUT2D eigenvalue weighted by Crippen LogP contribution is 2.29. The summed E-state index contributed by atoms with van der Waals surface area (Å²) in [5.74, 6) is 2.27. The van der Waals surface area contributed by atoms with Crippen LogP contribution in [0, 0.1) is 6.92 Å². The number of anilines is 1. The van der Waals surface area contributed by atoms with E-state index in [0.29, 0.717) is 46.0 Å². The number of aryl methyl sites for hydroxylation is 1. The first-order chi connectivity index (χ1) is 19.0. The second-order valence-electron chi connectivity index (χ2n) is 9.57. The van der Waals surface area contributed by atoms with Crippen LogP contribution in [0.1, 0.15) is 12.1 Å². The maximum Gasteiger partial charge on any atom is 0.261 e. The lowest BCUT2D eigenvalue weighted by Gasteiger charge is -2.26. The van der Waals surface area contributed by atoms with Crippen LogP contribution >= 0.6 is 0 Å². The van der Waals surface area contributed by atoms with Crippen LogP contribution in [0.3, 0.4) is 0 Å². The smallest absolute Gasteiger partial charge is 0.261 e. The summed E-state index contributed by atoms with van der Waals surface area (Å²) < 4.78 is 18.8. The number of nitrogen functional groups attached to an aromatic ring is 1. The van der Waals surface area contributed by atoms with Crippen molar-refractivity contribution in [3.05, 3.63) is 76.8 Å². The summed E-state index contributed by atoms with van der Waals surface area (Å²) in [5, 5.41) is 5.86. The van der Waals surface area contributed by atoms with Crippen molar-refractivity contribution >= 4 is 27.6 Å². The van der Waals surface area contributed by atoms with E-state index in [-0.39, 0.29) is 11.4 Å². The predicted molar refractivity (Wildman–Crippen MR) is 150 cm³/mol. The molecule has 0 amide bonds. The average Bonchev–Trinajstić information content (AvgIpc) is 3.31. The number of hydrogen-bond acceptors (Lipinski definition) is 8. The highest BCUT2D eigenvalue weighted by molar-refractivity contribution is 6.07. The topological polar surface area (TPSA) is 121 Å². The number of aromatic nitrogens is 4. The van der Waals surface area contributed by atoms with Crippen LogP contribution in [-0.4, -0.2) is 64.1 Å². The van der Waals surface area contributed by atoms with Gasteiger partial charge < -0.3 is 24.9 Å². The Morgan fingerprint density at radius 3 is 2.56 bits per heavy atom. The molecule has 0 saturated carbocycles. The van der Waals surface area contributed by atoms with Crippen molar-refractivity contribution in [2.45, 2.75) is 13.3 Å². The Hall–Kier alpha value is -4.41. The lowest BCUT2D eigenvalue weighted by atomic mass is 10.1. The van der Waals surface area contributed by atoms with E-state index < -0.39 is 0 Å². The molecule has 39 heavy (non-hydrogen) atoms. The molecular formula is C29H30N6O4. The lowest BCUT2D eigenvalue weighted by molar-refractivity contribution is 0.0358. The molecule has 1 saturated heterocycles. The zero-order valence-corrected chi connectivity index (χ0v) is 21.7. The third-order valence-electron chi connectivity index (χ3n) is 6.83. The van der Waals surface area contributed by atoms with E-state index in [9.17, 15) is 4.79 Å². The summed E-state index contributed by atoms with van der Waals surface area (Å²) in [6, 6.07) is 16.8. The molecular weight excluding hydrogens is 496 g/mol. The van der Waals surface area contributed by atoms with E-state index >= 15 is 0 Å². The van der Waals surface area contributed by atoms with E-state index in [1.54, 1.807) is 10.9 Å². The summed E-state index contributed by atoms with van der Waals surface area (Å²) >= 11 is 0. The maximum absolute atomic E-state index is 13.0. The molecule has 1 fully saturated rings. The maximum atomic E-state index is 13.0. The van der Waals surface area contributed by atoms with Crippen LogP contribution in [0.15, 0.2) is 65.6 Å². The van der Waals surface area contributed by atoms with Crippen molar-refractivity contribution in [3.8, 4) is 22.9 Å². The molecule has 5 aromatic rings. The van der Waals surface area contributed by atoms with Gasteiger partial charge in [0.15, 0.2) is 0 Å². The Labute approximate surface area is 224 Å². The van der Waals surface area contributed by atoms with Gasteiger partial charge in [-0.1, -0.05) is 0 Å². The minimum atomic E-state index is -0.294. The molecule has 200 valence electrons. The molecule has 10 nitrogen and oxygen atoms in total. The van der Waals surface area contributed by atoms with Crippen molar-refractivity contribution in [1.82, 2.24) is 24.6 Å². The van der Waals surface area contributed by atoms with Gasteiger partial charge in [0.25, 0.3) is 5.56 Å². The fourth-order valence-corrected chi connectivity index (χ4v) is 4.76. The normalized spacial score (nSPS) is 14.2. The Balaban J connectivity index is 1.21. The van der Waals surface area contributed by atoms with Gasteiger partial charge in [-0.05, 0) is 61.9 Å². The third kappa shape index (κ3) is 5.29. The lowest BCUT2D eigenvalue weighted by Crippen LogP contribution is -2.37. The molecule has 0 unspecified atom stereocenters. The number of hydrogen-bond donors (Lipinski definition) is 2. The number of rotatable bonds is 8. The Morgan fingerprint density at radius 2 is 1.79 bits per heavy atom. The Bertz CT molecular complexity index is 1650. The summed E-state index contributed by atoms with van der Waals surface area (Å²) in [6.45, 7) is 7.00. The quantitative estimate of drug-likeness (QED) is 0.291. The fraction of sp³-hybridized carbons (Fsp3) is 0.276. The van der Waals surface area contributed by atoms with Crippen LogP contribution in [0.25, 0.3) is 27.5 Å². The summed E-state index contributed by atoms with van der Waals surface area (Å²) in [7, 11) is 0. The number of pyridine rings is 2. The summed E-state index contributed by atoms with van der Waals surface area (Å²) in [6.07, 6.45) is 2.60. The number of aromatic amines is 1. The first-order valence-electron chi connectivity index (χ1n) is 13.0. The molecule has 4 heterocycles. The molecule has 0 spiro atoms. The Kier molecular flexibility index (Phi) is 6.87. The third-order valence-corrected chi connectivity index (χ3v) is 6.83. The SMILES string of the molecule is Cc1ccc(Oc2ccc(-n3nc4c(c3N)c(=O)[nH]c3cc(OCCCN5CCOCC5)ccc34)cc2)cn1. The molecule has 1 aliphatic heterocycles. The molecule has 3 N–H and O–H groups in total. The van der Waals surface area contributed by atoms with Gasteiger partial charge in [-0.25, -0.2) is 4.68 Å². The number of nitrogens with one attached hydrogen (secondary N) is 1. The van der Waals surface area contributed by atoms with Crippen LogP contribution < -0.4 is 20.8 Å². The van der Waals surface area contributed by atoms with Gasteiger partial charge >= 0.3 is 0 Å². The summed E-state index contributed by atoms with van der Waals surface area (Å²) in [5.41, 5.74) is 8.95. The second kappa shape index (κ2) is 10.8. The molecule has 1 aliphatic rings. The van der Waals surface area contributed by atoms with E-state index in [2.05, 4.69) is 14.9 Å². The van der Waals surface area contributed by atoms with Gasteiger partial charge in [0.2, 0.25) is 0 Å². The zero-order valence-electron chi connectivity index (χ0n) is 21.7. The average molecular weight is 527 g/mol. The van der Waals surface area contributed by atoms with Crippen LogP contribution in [0.4, 0.5) is 5.82 Å². The van der Waals surface area contributed by atoms with Crippen molar-refractivity contribution in [2.24, 2.45) is 0 Å². The van der Waals surface area contributed by atoms with Crippen LogP contribution in [0.2, 0.25) is 0 Å². The van der Waals surface area contributed by atoms with Crippen LogP contribution in [0.5, 0.6) is 17.2 Å². The highest BCUT2D eigenvalue weighted by atomic mass is 16.5. The van der Waals surface area contributed by atoms with Crippen molar-refractivity contribution in [1.29, 1.82) is 0 Å².